The zero-order valence-electron chi connectivity index (χ0n) is 13.5. The van der Waals surface area contributed by atoms with Crippen molar-refractivity contribution in [2.75, 3.05) is 13.1 Å². The lowest BCUT2D eigenvalue weighted by Crippen LogP contribution is -2.49. The first kappa shape index (κ1) is 13.6. The molecule has 1 amide bonds. The van der Waals surface area contributed by atoms with Gasteiger partial charge in [0.15, 0.2) is 0 Å². The fraction of sp³-hybridized carbons (Fsp3) is 0.526. The van der Waals surface area contributed by atoms with Gasteiger partial charge < -0.3 is 15.6 Å². The van der Waals surface area contributed by atoms with Crippen molar-refractivity contribution < 1.29 is 4.79 Å². The van der Waals surface area contributed by atoms with Gasteiger partial charge in [-0.1, -0.05) is 25.1 Å². The lowest BCUT2D eigenvalue weighted by atomic mass is 9.77. The fourth-order valence-electron chi connectivity index (χ4n) is 5.89. The number of fused-ring (bicyclic) bond motifs is 3. The SMILES string of the molecule is C[C@H]1C[C@@]23c4[nH]c5ccccc5c4CCN2C(=O)C[C@H]3[C@@H]1CN. The largest absolute Gasteiger partial charge is 0.356 e. The van der Waals surface area contributed by atoms with E-state index in [0.717, 1.165) is 19.4 Å². The lowest BCUT2D eigenvalue weighted by Gasteiger charge is -2.43. The van der Waals surface area contributed by atoms with Crippen LogP contribution >= 0.6 is 0 Å². The van der Waals surface area contributed by atoms with E-state index in [1.54, 1.807) is 0 Å². The Hall–Kier alpha value is -1.81. The van der Waals surface area contributed by atoms with Crippen LogP contribution < -0.4 is 5.73 Å². The van der Waals surface area contributed by atoms with E-state index in [-0.39, 0.29) is 5.54 Å². The number of rotatable bonds is 1. The third kappa shape index (κ3) is 1.48. The molecular weight excluding hydrogens is 286 g/mol. The Morgan fingerprint density at radius 3 is 3.04 bits per heavy atom. The number of carbonyl (C=O) groups excluding carboxylic acids is 1. The molecule has 3 heterocycles. The van der Waals surface area contributed by atoms with E-state index in [0.29, 0.717) is 36.6 Å². The number of aromatic amines is 1. The fourth-order valence-corrected chi connectivity index (χ4v) is 5.89. The molecule has 1 aromatic heterocycles. The second kappa shape index (κ2) is 4.38. The number of carbonyl (C=O) groups is 1. The van der Waals surface area contributed by atoms with Crippen LogP contribution in [0.1, 0.15) is 31.0 Å². The molecule has 2 aliphatic heterocycles. The maximum Gasteiger partial charge on any atom is 0.223 e. The van der Waals surface area contributed by atoms with Crippen molar-refractivity contribution in [1.82, 2.24) is 9.88 Å². The molecular formula is C19H23N3O. The molecule has 23 heavy (non-hydrogen) atoms. The summed E-state index contributed by atoms with van der Waals surface area (Å²) in [5.74, 6) is 1.70. The minimum atomic E-state index is -0.132. The molecule has 3 aliphatic rings. The Kier molecular flexibility index (Phi) is 2.59. The van der Waals surface area contributed by atoms with Gasteiger partial charge in [0.1, 0.15) is 0 Å². The van der Waals surface area contributed by atoms with Gasteiger partial charge in [-0.05, 0) is 42.9 Å². The van der Waals surface area contributed by atoms with Gasteiger partial charge in [0.2, 0.25) is 5.91 Å². The molecule has 4 nitrogen and oxygen atoms in total. The van der Waals surface area contributed by atoms with Crippen molar-refractivity contribution in [1.29, 1.82) is 0 Å². The van der Waals surface area contributed by atoms with Gasteiger partial charge in [-0.2, -0.15) is 0 Å². The molecule has 1 aliphatic carbocycles. The summed E-state index contributed by atoms with van der Waals surface area (Å²) in [6.07, 6.45) is 2.67. The number of para-hydroxylation sites is 1. The summed E-state index contributed by atoms with van der Waals surface area (Å²) in [6, 6.07) is 8.55. The summed E-state index contributed by atoms with van der Waals surface area (Å²) in [4.78, 5) is 18.6. The monoisotopic (exact) mass is 309 g/mol. The summed E-state index contributed by atoms with van der Waals surface area (Å²) >= 11 is 0. The van der Waals surface area contributed by atoms with Gasteiger partial charge in [0.05, 0.1) is 5.54 Å². The molecule has 120 valence electrons. The number of nitrogens with zero attached hydrogens (tertiary/aromatic N) is 1. The zero-order chi connectivity index (χ0) is 15.8. The molecule has 1 spiro atoms. The molecule has 0 bridgehead atoms. The highest BCUT2D eigenvalue weighted by atomic mass is 16.2. The molecule has 4 heteroatoms. The smallest absolute Gasteiger partial charge is 0.223 e. The Balaban J connectivity index is 1.78. The number of H-pyrrole nitrogens is 1. The van der Waals surface area contributed by atoms with Crippen LogP contribution in [0, 0.1) is 17.8 Å². The van der Waals surface area contributed by atoms with Crippen LogP contribution in [0.4, 0.5) is 0 Å². The van der Waals surface area contributed by atoms with Crippen molar-refractivity contribution in [3.05, 3.63) is 35.5 Å². The van der Waals surface area contributed by atoms with Crippen LogP contribution in [-0.2, 0) is 16.8 Å². The number of hydrogen-bond acceptors (Lipinski definition) is 2. The predicted molar refractivity (Wildman–Crippen MR) is 89.8 cm³/mol. The van der Waals surface area contributed by atoms with Gasteiger partial charge in [-0.25, -0.2) is 0 Å². The minimum Gasteiger partial charge on any atom is -0.356 e. The topological polar surface area (TPSA) is 62.1 Å². The number of amides is 1. The van der Waals surface area contributed by atoms with E-state index in [1.165, 1.54) is 22.2 Å². The third-order valence-electron chi connectivity index (χ3n) is 6.78. The van der Waals surface area contributed by atoms with Gasteiger partial charge in [-0.3, -0.25) is 4.79 Å². The Bertz CT molecular complexity index is 810. The van der Waals surface area contributed by atoms with Crippen molar-refractivity contribution in [2.24, 2.45) is 23.5 Å². The Morgan fingerprint density at radius 1 is 1.39 bits per heavy atom. The first-order valence-corrected chi connectivity index (χ1v) is 8.77. The maximum absolute atomic E-state index is 12.7. The van der Waals surface area contributed by atoms with E-state index in [1.807, 2.05) is 0 Å². The molecule has 5 rings (SSSR count). The van der Waals surface area contributed by atoms with Crippen LogP contribution in [0.15, 0.2) is 24.3 Å². The van der Waals surface area contributed by atoms with Crippen molar-refractivity contribution >= 4 is 16.8 Å². The van der Waals surface area contributed by atoms with E-state index in [9.17, 15) is 4.79 Å². The summed E-state index contributed by atoms with van der Waals surface area (Å²) in [7, 11) is 0. The number of nitrogens with two attached hydrogens (primary N) is 1. The molecule has 1 saturated heterocycles. The van der Waals surface area contributed by atoms with E-state index < -0.39 is 0 Å². The highest BCUT2D eigenvalue weighted by Gasteiger charge is 2.63. The number of nitrogens with one attached hydrogen (secondary N) is 1. The van der Waals surface area contributed by atoms with Crippen LogP contribution in [0.3, 0.4) is 0 Å². The van der Waals surface area contributed by atoms with Crippen LogP contribution in [0.25, 0.3) is 10.9 Å². The minimum absolute atomic E-state index is 0.132. The van der Waals surface area contributed by atoms with Gasteiger partial charge in [0.25, 0.3) is 0 Å². The molecule has 4 atom stereocenters. The molecule has 1 aromatic carbocycles. The Morgan fingerprint density at radius 2 is 2.22 bits per heavy atom. The van der Waals surface area contributed by atoms with Crippen molar-refractivity contribution in [3.63, 3.8) is 0 Å². The molecule has 0 radical (unpaired) electrons. The molecule has 0 unspecified atom stereocenters. The van der Waals surface area contributed by atoms with Crippen molar-refractivity contribution in [3.8, 4) is 0 Å². The molecule has 1 saturated carbocycles. The molecule has 3 N–H and O–H groups in total. The van der Waals surface area contributed by atoms with E-state index in [2.05, 4.69) is 41.1 Å². The maximum atomic E-state index is 12.7. The average molecular weight is 309 g/mol. The first-order valence-electron chi connectivity index (χ1n) is 8.77. The molecule has 2 aromatic rings. The number of hydrogen-bond donors (Lipinski definition) is 2. The highest BCUT2D eigenvalue weighted by Crippen LogP contribution is 2.60. The van der Waals surface area contributed by atoms with E-state index in [4.69, 9.17) is 5.73 Å². The quantitative estimate of drug-likeness (QED) is 0.849. The normalized spacial score (nSPS) is 35.5. The first-order chi connectivity index (χ1) is 11.2. The van der Waals surface area contributed by atoms with Gasteiger partial charge in [0, 0.05) is 35.5 Å². The standard InChI is InChI=1S/C19H23N3O/c1-11-9-19-15(14(11)10-20)8-17(23)22(19)7-6-13-12-4-2-3-5-16(12)21-18(13)19/h2-5,11,14-15,21H,6-10,20H2,1H3/t11-,14+,15-,19+/m0/s1. The van der Waals surface area contributed by atoms with Gasteiger partial charge in [-0.15, -0.1) is 0 Å². The predicted octanol–water partition coefficient (Wildman–Crippen LogP) is 2.38. The second-order valence-corrected chi connectivity index (χ2v) is 7.64. The Labute approximate surface area is 136 Å². The van der Waals surface area contributed by atoms with Crippen LogP contribution in [0.5, 0.6) is 0 Å². The lowest BCUT2D eigenvalue weighted by molar-refractivity contribution is -0.132. The summed E-state index contributed by atoms with van der Waals surface area (Å²) < 4.78 is 0. The van der Waals surface area contributed by atoms with E-state index >= 15 is 0 Å². The van der Waals surface area contributed by atoms with Crippen LogP contribution in [-0.4, -0.2) is 28.9 Å². The highest BCUT2D eigenvalue weighted by molar-refractivity contribution is 5.88. The van der Waals surface area contributed by atoms with Crippen LogP contribution in [0.2, 0.25) is 0 Å². The van der Waals surface area contributed by atoms with Gasteiger partial charge >= 0.3 is 0 Å². The summed E-state index contributed by atoms with van der Waals surface area (Å²) in [6.45, 7) is 3.85. The molecule has 2 fully saturated rings. The number of benzene rings is 1. The number of aromatic nitrogens is 1. The zero-order valence-corrected chi connectivity index (χ0v) is 13.5. The second-order valence-electron chi connectivity index (χ2n) is 7.64. The summed E-state index contributed by atoms with van der Waals surface area (Å²) in [5, 5.41) is 1.33. The third-order valence-corrected chi connectivity index (χ3v) is 6.78. The van der Waals surface area contributed by atoms with Crippen molar-refractivity contribution in [2.45, 2.75) is 31.7 Å². The average Bonchev–Trinajstić information content (AvgIpc) is 3.13. The summed E-state index contributed by atoms with van der Waals surface area (Å²) in [5.41, 5.74) is 9.91.